The maximum atomic E-state index is 13.8. The number of carboxylic acids is 1. The zero-order valence-electron chi connectivity index (χ0n) is 32.7. The summed E-state index contributed by atoms with van der Waals surface area (Å²) in [6.07, 6.45) is 4.33. The number of benzene rings is 4. The largest absolute Gasteiger partial charge is 0.480 e. The fraction of sp³-hybridized carbons (Fsp3) is 0.357. The molecule has 2 heterocycles. The number of thioether (sulfide) groups is 1. The number of piperazine rings is 1. The Labute approximate surface area is 339 Å². The molecular formula is C42H51N7O6S2. The highest BCUT2D eigenvalue weighted by molar-refractivity contribution is 7.99. The molecule has 0 saturated carbocycles. The van der Waals surface area contributed by atoms with Gasteiger partial charge in [-0.15, -0.1) is 11.8 Å². The van der Waals surface area contributed by atoms with Gasteiger partial charge in [0.05, 0.1) is 15.5 Å². The van der Waals surface area contributed by atoms with Gasteiger partial charge in [-0.1, -0.05) is 48.5 Å². The number of nitrogens with zero attached hydrogens (tertiary/aromatic N) is 5. The Hall–Kier alpha value is -5.25. The second-order valence-electron chi connectivity index (χ2n) is 14.6. The second kappa shape index (κ2) is 17.9. The molecule has 2 aliphatic heterocycles. The van der Waals surface area contributed by atoms with Gasteiger partial charge in [0.2, 0.25) is 0 Å². The van der Waals surface area contributed by atoms with Crippen molar-refractivity contribution in [2.24, 2.45) is 0 Å². The van der Waals surface area contributed by atoms with E-state index in [2.05, 4.69) is 19.8 Å². The number of hydrogen-bond acceptors (Lipinski definition) is 11. The van der Waals surface area contributed by atoms with Crippen LogP contribution < -0.4 is 19.8 Å². The first-order valence-corrected chi connectivity index (χ1v) is 21.6. The van der Waals surface area contributed by atoms with Crippen LogP contribution in [0.5, 0.6) is 0 Å². The Morgan fingerprint density at radius 1 is 0.965 bits per heavy atom. The molecule has 1 saturated heterocycles. The van der Waals surface area contributed by atoms with E-state index in [0.717, 1.165) is 17.1 Å². The fourth-order valence-electron chi connectivity index (χ4n) is 7.58. The molecule has 0 amide bonds. The van der Waals surface area contributed by atoms with Crippen LogP contribution in [0.1, 0.15) is 25.8 Å². The highest BCUT2D eigenvalue weighted by Gasteiger charge is 2.48. The maximum Gasteiger partial charge on any atom is 0.320 e. The summed E-state index contributed by atoms with van der Waals surface area (Å²) in [6.45, 7) is 7.38. The van der Waals surface area contributed by atoms with Crippen LogP contribution in [0.15, 0.2) is 119 Å². The van der Waals surface area contributed by atoms with Gasteiger partial charge in [-0.3, -0.25) is 19.6 Å². The number of rotatable bonds is 17. The lowest BCUT2D eigenvalue weighted by molar-refractivity contribution is -0.383. The molecule has 0 radical (unpaired) electrons. The number of sulfonamides is 1. The minimum Gasteiger partial charge on any atom is -0.480 e. The van der Waals surface area contributed by atoms with E-state index in [9.17, 15) is 28.4 Å². The number of likely N-dealkylation sites (N-methyl/N-ethyl adjacent to an activating group) is 1. The van der Waals surface area contributed by atoms with Crippen LogP contribution in [-0.2, 0) is 20.2 Å². The summed E-state index contributed by atoms with van der Waals surface area (Å²) in [4.78, 5) is 34.5. The van der Waals surface area contributed by atoms with Gasteiger partial charge in [-0.05, 0) is 107 Å². The first-order chi connectivity index (χ1) is 27.3. The molecular weight excluding hydrogens is 763 g/mol. The molecule has 2 aliphatic rings. The van der Waals surface area contributed by atoms with E-state index >= 15 is 0 Å². The van der Waals surface area contributed by atoms with Crippen LogP contribution in [0.4, 0.5) is 28.4 Å². The van der Waals surface area contributed by atoms with Crippen molar-refractivity contribution in [3.8, 4) is 0 Å². The number of nitro benzene ring substituents is 1. The highest BCUT2D eigenvalue weighted by Crippen LogP contribution is 2.44. The molecule has 6 rings (SSSR count). The van der Waals surface area contributed by atoms with Crippen molar-refractivity contribution in [2.75, 3.05) is 79.0 Å². The lowest BCUT2D eigenvalue weighted by atomic mass is 9.76. The van der Waals surface area contributed by atoms with Gasteiger partial charge in [0.1, 0.15) is 11.1 Å². The average molecular weight is 814 g/mol. The van der Waals surface area contributed by atoms with Crippen LogP contribution in [0.2, 0.25) is 0 Å². The lowest BCUT2D eigenvalue weighted by Gasteiger charge is -2.38. The first kappa shape index (κ1) is 41.4. The number of hydrogen-bond donors (Lipinski definition) is 3. The first-order valence-electron chi connectivity index (χ1n) is 19.1. The third-order valence-electron chi connectivity index (χ3n) is 10.8. The van der Waals surface area contributed by atoms with Gasteiger partial charge < -0.3 is 30.0 Å². The van der Waals surface area contributed by atoms with Crippen molar-refractivity contribution in [1.29, 1.82) is 0 Å². The van der Waals surface area contributed by atoms with E-state index in [4.69, 9.17) is 0 Å². The van der Waals surface area contributed by atoms with Crippen LogP contribution >= 0.6 is 11.8 Å². The van der Waals surface area contributed by atoms with Crippen molar-refractivity contribution in [1.82, 2.24) is 9.80 Å². The molecule has 15 heteroatoms. The average Bonchev–Trinajstić information content (AvgIpc) is 3.56. The summed E-state index contributed by atoms with van der Waals surface area (Å²) in [5.41, 5.74) is 0.694. The number of carbonyl (C=O) groups is 1. The molecule has 4 aromatic carbocycles. The summed E-state index contributed by atoms with van der Waals surface area (Å²) in [5.74, 6) is -0.262. The predicted molar refractivity (Wildman–Crippen MR) is 229 cm³/mol. The van der Waals surface area contributed by atoms with Crippen molar-refractivity contribution in [3.63, 3.8) is 0 Å². The summed E-state index contributed by atoms with van der Waals surface area (Å²) >= 11 is 1.65. The van der Waals surface area contributed by atoms with E-state index < -0.39 is 26.3 Å². The van der Waals surface area contributed by atoms with Crippen molar-refractivity contribution in [2.45, 2.75) is 47.6 Å². The molecule has 0 aromatic heterocycles. The zero-order chi connectivity index (χ0) is 40.7. The standard InChI is InChI=1S/C42H51N7O6S2/c1-5-46-25-23-42(31(46)2,41(50)51)32-16-18-34(19-17-32)47-26-28-48(29-27-47)38-21-20-37(43-33(22-24-45(3)4)30-56-35-12-8-6-9-13-35)40(49(52)53)39(38)44-57(54,55)36-14-10-7-11-15-36/h6-21,23,25,31,33,43-44H,5,22,24,26-30H2,1-4H3,(H,50,51). The molecule has 57 heavy (non-hydrogen) atoms. The Kier molecular flexibility index (Phi) is 13.0. The number of anilines is 4. The minimum absolute atomic E-state index is 0.00503. The highest BCUT2D eigenvalue weighted by atomic mass is 32.2. The predicted octanol–water partition coefficient (Wildman–Crippen LogP) is 6.81. The van der Waals surface area contributed by atoms with Crippen LogP contribution in [0.3, 0.4) is 0 Å². The van der Waals surface area contributed by atoms with Crippen molar-refractivity contribution >= 4 is 56.2 Å². The smallest absolute Gasteiger partial charge is 0.320 e. The molecule has 302 valence electrons. The summed E-state index contributed by atoms with van der Waals surface area (Å²) < 4.78 is 30.3. The Morgan fingerprint density at radius 2 is 1.60 bits per heavy atom. The summed E-state index contributed by atoms with van der Waals surface area (Å²) in [5, 5.41) is 26.8. The van der Waals surface area contributed by atoms with Crippen molar-refractivity contribution in [3.05, 3.63) is 125 Å². The Morgan fingerprint density at radius 3 is 2.18 bits per heavy atom. The third kappa shape index (κ3) is 9.16. The van der Waals surface area contributed by atoms with E-state index in [1.54, 1.807) is 48.2 Å². The summed E-state index contributed by atoms with van der Waals surface area (Å²) in [7, 11) is -0.251. The number of nitrogens with one attached hydrogen (secondary N) is 2. The molecule has 13 nitrogen and oxygen atoms in total. The van der Waals surface area contributed by atoms with E-state index in [0.29, 0.717) is 56.1 Å². The lowest BCUT2D eigenvalue weighted by Crippen LogP contribution is -2.47. The monoisotopic (exact) mass is 813 g/mol. The molecule has 4 aromatic rings. The normalized spacial score (nSPS) is 18.8. The van der Waals surface area contributed by atoms with Gasteiger partial charge in [0.15, 0.2) is 5.69 Å². The maximum absolute atomic E-state index is 13.8. The SMILES string of the molecule is CCN1C=CC(C(=O)O)(c2ccc(N3CCN(c4ccc(NC(CCN(C)C)CSc5ccccc5)c([N+](=O)[O-])c4NS(=O)(=O)c4ccccc4)CC3)cc2)C1C. The van der Waals surface area contributed by atoms with E-state index in [1.807, 2.05) is 98.5 Å². The molecule has 3 unspecified atom stereocenters. The number of aliphatic carboxylic acids is 1. The Bertz CT molecular complexity index is 2150. The third-order valence-corrected chi connectivity index (χ3v) is 13.4. The summed E-state index contributed by atoms with van der Waals surface area (Å²) in [6, 6.07) is 28.5. The van der Waals surface area contributed by atoms with E-state index in [-0.39, 0.29) is 34.0 Å². The fourth-order valence-corrected chi connectivity index (χ4v) is 9.67. The molecule has 0 bridgehead atoms. The van der Waals surface area contributed by atoms with Crippen LogP contribution in [0, 0.1) is 10.1 Å². The van der Waals surface area contributed by atoms with Crippen LogP contribution in [-0.4, -0.2) is 105 Å². The van der Waals surface area contributed by atoms with E-state index in [1.165, 1.54) is 12.1 Å². The minimum atomic E-state index is -4.21. The molecule has 1 fully saturated rings. The molecule has 0 aliphatic carbocycles. The Balaban J connectivity index is 1.28. The zero-order valence-corrected chi connectivity index (χ0v) is 34.4. The van der Waals surface area contributed by atoms with Crippen molar-refractivity contribution < 1.29 is 23.2 Å². The molecule has 3 N–H and O–H groups in total. The van der Waals surface area contributed by atoms with Gasteiger partial charge in [0.25, 0.3) is 10.0 Å². The topological polar surface area (TPSA) is 152 Å². The van der Waals surface area contributed by atoms with Gasteiger partial charge in [0, 0.05) is 61.1 Å². The number of carboxylic acid groups (broad SMARTS) is 1. The molecule has 0 spiro atoms. The van der Waals surface area contributed by atoms with Crippen LogP contribution in [0.25, 0.3) is 0 Å². The number of nitro groups is 1. The second-order valence-corrected chi connectivity index (χ2v) is 17.4. The van der Waals surface area contributed by atoms with Gasteiger partial charge in [-0.2, -0.15) is 0 Å². The molecule has 3 atom stereocenters. The van der Waals surface area contributed by atoms with Gasteiger partial charge in [-0.25, -0.2) is 8.42 Å². The van der Waals surface area contributed by atoms with Gasteiger partial charge >= 0.3 is 11.7 Å². The quantitative estimate of drug-likeness (QED) is 0.0584.